The molecular weight excluding hydrogens is 358 g/mol. The normalized spacial score (nSPS) is 15.2. The molecule has 0 unspecified atom stereocenters. The SMILES string of the molecule is O=C(Oc1ccc(C2OCCCO2)cc1[N+](=O)[O-])c1ccc(Cl)s1. The highest BCUT2D eigenvalue weighted by Gasteiger charge is 2.24. The van der Waals surface area contributed by atoms with E-state index in [9.17, 15) is 14.9 Å². The Hall–Kier alpha value is -2.00. The van der Waals surface area contributed by atoms with Crippen molar-refractivity contribution in [1.82, 2.24) is 0 Å². The smallest absolute Gasteiger partial charge is 0.353 e. The highest BCUT2D eigenvalue weighted by molar-refractivity contribution is 7.17. The fraction of sp³-hybridized carbons (Fsp3) is 0.267. The highest BCUT2D eigenvalue weighted by atomic mass is 35.5. The summed E-state index contributed by atoms with van der Waals surface area (Å²) in [6.45, 7) is 1.04. The lowest BCUT2D eigenvalue weighted by molar-refractivity contribution is -0.385. The molecule has 1 saturated heterocycles. The first-order valence-electron chi connectivity index (χ1n) is 7.03. The summed E-state index contributed by atoms with van der Waals surface area (Å²) < 4.78 is 16.4. The standard InChI is InChI=1S/C15H12ClNO6S/c16-13-5-4-12(24-13)14(18)23-11-3-2-9(8-10(11)17(19)20)15-21-6-1-7-22-15/h2-5,8,15H,1,6-7H2. The molecule has 126 valence electrons. The maximum Gasteiger partial charge on any atom is 0.353 e. The van der Waals surface area contributed by atoms with Crippen LogP contribution in [0.3, 0.4) is 0 Å². The molecule has 1 aromatic carbocycles. The molecule has 1 aliphatic rings. The highest BCUT2D eigenvalue weighted by Crippen LogP contribution is 2.33. The van der Waals surface area contributed by atoms with E-state index in [2.05, 4.69) is 0 Å². The molecule has 0 radical (unpaired) electrons. The zero-order valence-corrected chi connectivity index (χ0v) is 13.8. The van der Waals surface area contributed by atoms with Crippen molar-refractivity contribution >= 4 is 34.6 Å². The van der Waals surface area contributed by atoms with Gasteiger partial charge in [-0.25, -0.2) is 4.79 Å². The Kier molecular flexibility index (Phi) is 5.10. The van der Waals surface area contributed by atoms with Crippen molar-refractivity contribution in [2.24, 2.45) is 0 Å². The van der Waals surface area contributed by atoms with Crippen LogP contribution in [0.5, 0.6) is 5.75 Å². The second-order valence-corrected chi connectivity index (χ2v) is 6.62. The Morgan fingerprint density at radius 3 is 2.67 bits per heavy atom. The Labute approximate surface area is 145 Å². The fourth-order valence-corrected chi connectivity index (χ4v) is 3.08. The molecule has 1 aliphatic heterocycles. The number of nitrogens with zero attached hydrogens (tertiary/aromatic N) is 1. The van der Waals surface area contributed by atoms with Gasteiger partial charge in [-0.2, -0.15) is 0 Å². The molecule has 0 spiro atoms. The third kappa shape index (κ3) is 3.73. The van der Waals surface area contributed by atoms with Gasteiger partial charge in [0.05, 0.1) is 22.5 Å². The Balaban J connectivity index is 1.84. The lowest BCUT2D eigenvalue weighted by Gasteiger charge is -2.23. The van der Waals surface area contributed by atoms with E-state index < -0.39 is 17.2 Å². The Bertz CT molecular complexity index is 771. The third-order valence-electron chi connectivity index (χ3n) is 3.26. The monoisotopic (exact) mass is 369 g/mol. The van der Waals surface area contributed by atoms with Crippen LogP contribution < -0.4 is 4.74 Å². The van der Waals surface area contributed by atoms with Gasteiger partial charge in [0.25, 0.3) is 0 Å². The molecule has 7 nitrogen and oxygen atoms in total. The molecular formula is C15H12ClNO6S. The minimum absolute atomic E-state index is 0.144. The minimum Gasteiger partial charge on any atom is -0.415 e. The summed E-state index contributed by atoms with van der Waals surface area (Å²) in [5.74, 6) is -0.845. The predicted octanol–water partition coefficient (Wildman–Crippen LogP) is 3.96. The van der Waals surface area contributed by atoms with Gasteiger partial charge in [-0.15, -0.1) is 11.3 Å². The molecule has 2 heterocycles. The molecule has 1 fully saturated rings. The summed E-state index contributed by atoms with van der Waals surface area (Å²) in [4.78, 5) is 23.0. The first-order chi connectivity index (χ1) is 11.5. The Morgan fingerprint density at radius 2 is 2.04 bits per heavy atom. The molecule has 0 aliphatic carbocycles. The second-order valence-electron chi connectivity index (χ2n) is 4.90. The summed E-state index contributed by atoms with van der Waals surface area (Å²) in [7, 11) is 0. The third-order valence-corrected chi connectivity index (χ3v) is 4.47. The molecule has 0 N–H and O–H groups in total. The van der Waals surface area contributed by atoms with Crippen LogP contribution in [0.4, 0.5) is 5.69 Å². The molecule has 24 heavy (non-hydrogen) atoms. The number of halogens is 1. The number of benzene rings is 1. The average molecular weight is 370 g/mol. The first-order valence-corrected chi connectivity index (χ1v) is 8.23. The van der Waals surface area contributed by atoms with Crippen LogP contribution in [0.1, 0.15) is 27.9 Å². The van der Waals surface area contributed by atoms with Crippen molar-refractivity contribution in [2.45, 2.75) is 12.7 Å². The molecule has 0 bridgehead atoms. The summed E-state index contributed by atoms with van der Waals surface area (Å²) in [5, 5.41) is 11.3. The van der Waals surface area contributed by atoms with Crippen LogP contribution in [0.25, 0.3) is 0 Å². The van der Waals surface area contributed by atoms with Gasteiger partial charge in [-0.05, 0) is 30.7 Å². The van der Waals surface area contributed by atoms with Crippen LogP contribution >= 0.6 is 22.9 Å². The van der Waals surface area contributed by atoms with Crippen molar-refractivity contribution in [2.75, 3.05) is 13.2 Å². The number of esters is 1. The molecule has 0 atom stereocenters. The van der Waals surface area contributed by atoms with Gasteiger partial charge in [-0.1, -0.05) is 11.6 Å². The van der Waals surface area contributed by atoms with Crippen molar-refractivity contribution in [1.29, 1.82) is 0 Å². The number of nitro groups is 1. The lowest BCUT2D eigenvalue weighted by Crippen LogP contribution is -2.18. The number of hydrogen-bond acceptors (Lipinski definition) is 7. The predicted molar refractivity (Wildman–Crippen MR) is 86.6 cm³/mol. The number of hydrogen-bond donors (Lipinski definition) is 0. The number of thiophene rings is 1. The molecule has 2 aromatic rings. The lowest BCUT2D eigenvalue weighted by atomic mass is 10.1. The quantitative estimate of drug-likeness (QED) is 0.351. The van der Waals surface area contributed by atoms with Crippen molar-refractivity contribution in [3.63, 3.8) is 0 Å². The maximum absolute atomic E-state index is 12.0. The summed E-state index contributed by atoms with van der Waals surface area (Å²) in [6, 6.07) is 7.28. The fourth-order valence-electron chi connectivity index (χ4n) is 2.16. The van der Waals surface area contributed by atoms with Crippen molar-refractivity contribution in [3.05, 3.63) is 55.2 Å². The molecule has 3 rings (SSSR count). The van der Waals surface area contributed by atoms with Gasteiger partial charge in [0.2, 0.25) is 5.75 Å². The first kappa shape index (κ1) is 16.8. The molecule has 1 aromatic heterocycles. The van der Waals surface area contributed by atoms with Gasteiger partial charge in [-0.3, -0.25) is 10.1 Å². The number of nitro benzene ring substituents is 1. The van der Waals surface area contributed by atoms with E-state index in [0.717, 1.165) is 17.8 Å². The minimum atomic E-state index is -0.701. The zero-order valence-electron chi connectivity index (χ0n) is 12.3. The molecule has 0 amide bonds. The topological polar surface area (TPSA) is 87.9 Å². The summed E-state index contributed by atoms with van der Waals surface area (Å²) in [6.07, 6.45) is 0.121. The largest absolute Gasteiger partial charge is 0.415 e. The van der Waals surface area contributed by atoms with Crippen LogP contribution in [0.2, 0.25) is 4.34 Å². The van der Waals surface area contributed by atoms with E-state index in [0.29, 0.717) is 23.1 Å². The molecule has 0 saturated carbocycles. The number of rotatable bonds is 4. The number of ether oxygens (including phenoxy) is 3. The van der Waals surface area contributed by atoms with Gasteiger partial charge in [0, 0.05) is 11.6 Å². The average Bonchev–Trinajstić information content (AvgIpc) is 3.02. The summed E-state index contributed by atoms with van der Waals surface area (Å²) in [5.41, 5.74) is 0.168. The number of carbonyl (C=O) groups is 1. The van der Waals surface area contributed by atoms with Crippen molar-refractivity contribution < 1.29 is 23.9 Å². The maximum atomic E-state index is 12.0. The van der Waals surface area contributed by atoms with Crippen LogP contribution in [-0.4, -0.2) is 24.1 Å². The van der Waals surface area contributed by atoms with E-state index in [1.165, 1.54) is 18.2 Å². The van der Waals surface area contributed by atoms with E-state index in [-0.39, 0.29) is 16.3 Å². The molecule has 9 heteroatoms. The van der Waals surface area contributed by atoms with Gasteiger partial charge in [0.1, 0.15) is 4.88 Å². The van der Waals surface area contributed by atoms with Gasteiger partial charge >= 0.3 is 11.7 Å². The van der Waals surface area contributed by atoms with Crippen LogP contribution in [0.15, 0.2) is 30.3 Å². The number of carbonyl (C=O) groups excluding carboxylic acids is 1. The summed E-state index contributed by atoms with van der Waals surface area (Å²) >= 11 is 6.81. The van der Waals surface area contributed by atoms with Crippen LogP contribution in [-0.2, 0) is 9.47 Å². The van der Waals surface area contributed by atoms with E-state index in [1.807, 2.05) is 0 Å². The van der Waals surface area contributed by atoms with Crippen molar-refractivity contribution in [3.8, 4) is 5.75 Å². The van der Waals surface area contributed by atoms with Crippen LogP contribution in [0, 0.1) is 10.1 Å². The second kappa shape index (κ2) is 7.27. The zero-order chi connectivity index (χ0) is 17.1. The van der Waals surface area contributed by atoms with E-state index in [1.54, 1.807) is 12.1 Å². The van der Waals surface area contributed by atoms with Gasteiger partial charge in [0.15, 0.2) is 6.29 Å². The van der Waals surface area contributed by atoms with Gasteiger partial charge < -0.3 is 14.2 Å². The Morgan fingerprint density at radius 1 is 1.29 bits per heavy atom. The van der Waals surface area contributed by atoms with E-state index >= 15 is 0 Å². The van der Waals surface area contributed by atoms with E-state index in [4.69, 9.17) is 25.8 Å².